The molecule has 1 aromatic rings. The molecule has 6 heteroatoms. The van der Waals surface area contributed by atoms with Crippen molar-refractivity contribution in [2.75, 3.05) is 30.8 Å². The van der Waals surface area contributed by atoms with Crippen LogP contribution < -0.4 is 10.6 Å². The second-order valence-corrected chi connectivity index (χ2v) is 5.54. The minimum atomic E-state index is -4.39. The van der Waals surface area contributed by atoms with E-state index in [0.717, 1.165) is 6.07 Å². The fourth-order valence-corrected chi connectivity index (χ4v) is 2.66. The van der Waals surface area contributed by atoms with Gasteiger partial charge in [0.05, 0.1) is 5.56 Å². The Labute approximate surface area is 117 Å². The first-order valence-corrected chi connectivity index (χ1v) is 6.63. The third-order valence-corrected chi connectivity index (χ3v) is 4.03. The molecule has 2 rings (SSSR count). The number of halogens is 3. The molecule has 20 heavy (non-hydrogen) atoms. The van der Waals surface area contributed by atoms with Gasteiger partial charge in [-0.05, 0) is 39.1 Å². The maximum Gasteiger partial charge on any atom is 0.418 e. The summed E-state index contributed by atoms with van der Waals surface area (Å²) in [6, 6.07) is 4.43. The maximum absolute atomic E-state index is 13.2. The van der Waals surface area contributed by atoms with Gasteiger partial charge in [-0.2, -0.15) is 13.2 Å². The number of rotatable bonds is 1. The van der Waals surface area contributed by atoms with Gasteiger partial charge in [0, 0.05) is 36.5 Å². The summed E-state index contributed by atoms with van der Waals surface area (Å²) in [4.78, 5) is 3.98. The summed E-state index contributed by atoms with van der Waals surface area (Å²) in [5, 5.41) is 0. The van der Waals surface area contributed by atoms with Crippen LogP contribution in [0, 0.1) is 0 Å². The van der Waals surface area contributed by atoms with Crippen molar-refractivity contribution in [3.05, 3.63) is 23.8 Å². The van der Waals surface area contributed by atoms with Gasteiger partial charge in [0.1, 0.15) is 0 Å². The zero-order valence-corrected chi connectivity index (χ0v) is 11.9. The average molecular weight is 287 g/mol. The lowest BCUT2D eigenvalue weighted by molar-refractivity contribution is -0.137. The monoisotopic (exact) mass is 287 g/mol. The van der Waals surface area contributed by atoms with E-state index < -0.39 is 11.7 Å². The van der Waals surface area contributed by atoms with E-state index in [0.29, 0.717) is 13.1 Å². The highest BCUT2D eigenvalue weighted by Crippen LogP contribution is 2.38. The van der Waals surface area contributed by atoms with Gasteiger partial charge >= 0.3 is 6.18 Å². The van der Waals surface area contributed by atoms with Crippen molar-refractivity contribution in [2.24, 2.45) is 0 Å². The SMILES string of the molecule is CC1CN(c2ccc(N)cc2C(F)(F)F)CC(C)N1C. The first-order chi connectivity index (χ1) is 9.20. The zero-order chi connectivity index (χ0) is 15.1. The Morgan fingerprint density at radius 1 is 1.15 bits per heavy atom. The lowest BCUT2D eigenvalue weighted by Crippen LogP contribution is -2.55. The molecular weight excluding hydrogens is 267 g/mol. The molecule has 0 amide bonds. The summed E-state index contributed by atoms with van der Waals surface area (Å²) < 4.78 is 39.5. The summed E-state index contributed by atoms with van der Waals surface area (Å²) in [5.41, 5.74) is 5.21. The number of likely N-dealkylation sites (N-methyl/N-ethyl adjacent to an activating group) is 1. The topological polar surface area (TPSA) is 32.5 Å². The van der Waals surface area contributed by atoms with Crippen molar-refractivity contribution in [3.63, 3.8) is 0 Å². The molecule has 0 aliphatic carbocycles. The molecule has 0 radical (unpaired) electrons. The molecular formula is C14H20F3N3. The molecule has 1 saturated heterocycles. The van der Waals surface area contributed by atoms with E-state index in [1.165, 1.54) is 12.1 Å². The number of nitrogen functional groups attached to an aromatic ring is 1. The van der Waals surface area contributed by atoms with Crippen LogP contribution in [0.3, 0.4) is 0 Å². The number of hydrogen-bond acceptors (Lipinski definition) is 3. The standard InChI is InChI=1S/C14H20F3N3/c1-9-7-20(8-10(2)19(9)3)13-5-4-11(18)6-12(13)14(15,16)17/h4-6,9-10H,7-8,18H2,1-3H3. The molecule has 1 fully saturated rings. The van der Waals surface area contributed by atoms with Crippen molar-refractivity contribution >= 4 is 11.4 Å². The van der Waals surface area contributed by atoms with Gasteiger partial charge in [0.25, 0.3) is 0 Å². The molecule has 0 bridgehead atoms. The molecule has 2 atom stereocenters. The predicted octanol–water partition coefficient (Wildman–Crippen LogP) is 2.82. The van der Waals surface area contributed by atoms with E-state index in [2.05, 4.69) is 4.90 Å². The number of benzene rings is 1. The van der Waals surface area contributed by atoms with Crippen LogP contribution >= 0.6 is 0 Å². The molecule has 1 aliphatic heterocycles. The van der Waals surface area contributed by atoms with Crippen molar-refractivity contribution in [2.45, 2.75) is 32.1 Å². The lowest BCUT2D eigenvalue weighted by atomic mass is 10.0. The van der Waals surface area contributed by atoms with E-state index in [4.69, 9.17) is 5.73 Å². The van der Waals surface area contributed by atoms with Crippen LogP contribution in [0.15, 0.2) is 18.2 Å². The minimum Gasteiger partial charge on any atom is -0.399 e. The Morgan fingerprint density at radius 2 is 1.70 bits per heavy atom. The van der Waals surface area contributed by atoms with Crippen molar-refractivity contribution in [3.8, 4) is 0 Å². The first kappa shape index (κ1) is 15.0. The molecule has 1 aliphatic rings. The maximum atomic E-state index is 13.2. The van der Waals surface area contributed by atoms with Gasteiger partial charge in [-0.15, -0.1) is 0 Å². The molecule has 2 N–H and O–H groups in total. The molecule has 0 spiro atoms. The Morgan fingerprint density at radius 3 is 2.20 bits per heavy atom. The molecule has 2 unspecified atom stereocenters. The van der Waals surface area contributed by atoms with Gasteiger partial charge in [0.15, 0.2) is 0 Å². The Kier molecular flexibility index (Phi) is 3.86. The second kappa shape index (κ2) is 5.16. The molecule has 0 saturated carbocycles. The largest absolute Gasteiger partial charge is 0.418 e. The van der Waals surface area contributed by atoms with Gasteiger partial charge < -0.3 is 10.6 Å². The van der Waals surface area contributed by atoms with Crippen LogP contribution in [0.25, 0.3) is 0 Å². The predicted molar refractivity (Wildman–Crippen MR) is 74.8 cm³/mol. The van der Waals surface area contributed by atoms with Crippen LogP contribution in [-0.4, -0.2) is 37.1 Å². The normalized spacial score (nSPS) is 25.0. The summed E-state index contributed by atoms with van der Waals surface area (Å²) in [7, 11) is 2.00. The van der Waals surface area contributed by atoms with Crippen molar-refractivity contribution in [1.82, 2.24) is 4.90 Å². The number of nitrogens with two attached hydrogens (primary N) is 1. The number of nitrogens with zero attached hydrogens (tertiary/aromatic N) is 2. The van der Waals surface area contributed by atoms with E-state index in [-0.39, 0.29) is 23.5 Å². The lowest BCUT2D eigenvalue weighted by Gasteiger charge is -2.44. The van der Waals surface area contributed by atoms with E-state index in [1.807, 2.05) is 20.9 Å². The smallest absolute Gasteiger partial charge is 0.399 e. The highest BCUT2D eigenvalue weighted by atomic mass is 19.4. The van der Waals surface area contributed by atoms with Gasteiger partial charge in [-0.25, -0.2) is 0 Å². The van der Waals surface area contributed by atoms with Crippen molar-refractivity contribution in [1.29, 1.82) is 0 Å². The number of anilines is 2. The number of piperazine rings is 1. The van der Waals surface area contributed by atoms with E-state index in [1.54, 1.807) is 4.90 Å². The second-order valence-electron chi connectivity index (χ2n) is 5.54. The van der Waals surface area contributed by atoms with Gasteiger partial charge in [-0.1, -0.05) is 0 Å². The number of hydrogen-bond donors (Lipinski definition) is 1. The van der Waals surface area contributed by atoms with Crippen LogP contribution in [-0.2, 0) is 6.18 Å². The highest BCUT2D eigenvalue weighted by molar-refractivity contribution is 5.61. The first-order valence-electron chi connectivity index (χ1n) is 6.63. The summed E-state index contributed by atoms with van der Waals surface area (Å²) in [6.07, 6.45) is -4.39. The molecule has 1 aromatic carbocycles. The highest BCUT2D eigenvalue weighted by Gasteiger charge is 2.37. The van der Waals surface area contributed by atoms with Crippen LogP contribution in [0.4, 0.5) is 24.5 Å². The minimum absolute atomic E-state index is 0.135. The zero-order valence-electron chi connectivity index (χ0n) is 11.9. The Hall–Kier alpha value is -1.43. The van der Waals surface area contributed by atoms with Crippen LogP contribution in [0.2, 0.25) is 0 Å². The summed E-state index contributed by atoms with van der Waals surface area (Å²) in [5.74, 6) is 0. The van der Waals surface area contributed by atoms with Crippen LogP contribution in [0.5, 0.6) is 0 Å². The third kappa shape index (κ3) is 2.85. The third-order valence-electron chi connectivity index (χ3n) is 4.03. The Balaban J connectivity index is 2.38. The fraction of sp³-hybridized carbons (Fsp3) is 0.571. The van der Waals surface area contributed by atoms with E-state index >= 15 is 0 Å². The van der Waals surface area contributed by atoms with Gasteiger partial charge in [0.2, 0.25) is 0 Å². The molecule has 112 valence electrons. The van der Waals surface area contributed by atoms with Crippen LogP contribution in [0.1, 0.15) is 19.4 Å². The Bertz CT molecular complexity index is 475. The van der Waals surface area contributed by atoms with E-state index in [9.17, 15) is 13.2 Å². The summed E-state index contributed by atoms with van der Waals surface area (Å²) >= 11 is 0. The quantitative estimate of drug-likeness (QED) is 0.806. The molecule has 3 nitrogen and oxygen atoms in total. The van der Waals surface area contributed by atoms with Gasteiger partial charge in [-0.3, -0.25) is 4.90 Å². The summed E-state index contributed by atoms with van der Waals surface area (Å²) in [6.45, 7) is 5.20. The fourth-order valence-electron chi connectivity index (χ4n) is 2.66. The molecule has 0 aromatic heterocycles. The number of alkyl halides is 3. The average Bonchev–Trinajstić information content (AvgIpc) is 2.34. The molecule has 1 heterocycles. The van der Waals surface area contributed by atoms with Crippen molar-refractivity contribution < 1.29 is 13.2 Å².